The van der Waals surface area contributed by atoms with Gasteiger partial charge in [0.05, 0.1) is 6.61 Å². The van der Waals surface area contributed by atoms with Crippen molar-refractivity contribution >= 4 is 8.30 Å². The second-order valence-corrected chi connectivity index (χ2v) is 9.11. The Morgan fingerprint density at radius 3 is 2.84 bits per heavy atom. The van der Waals surface area contributed by atoms with Crippen LogP contribution in [0.5, 0.6) is 0 Å². The predicted octanol–water partition coefficient (Wildman–Crippen LogP) is 4.93. The van der Waals surface area contributed by atoms with E-state index in [1.165, 1.54) is 51.4 Å². The fraction of sp³-hybridized carbons (Fsp3) is 1.00. The topological polar surface area (TPSA) is 12.5 Å². The molecule has 0 radical (unpaired) electrons. The maximum Gasteiger partial charge on any atom is 0.108 e. The first-order chi connectivity index (χ1) is 9.19. The molecule has 5 atom stereocenters. The van der Waals surface area contributed by atoms with E-state index in [9.17, 15) is 0 Å². The molecule has 0 bridgehead atoms. The van der Waals surface area contributed by atoms with Crippen LogP contribution in [-0.2, 0) is 4.52 Å². The van der Waals surface area contributed by atoms with Gasteiger partial charge in [-0.25, -0.2) is 4.67 Å². The van der Waals surface area contributed by atoms with Crippen molar-refractivity contribution < 1.29 is 4.52 Å². The molecule has 0 N–H and O–H groups in total. The number of fused-ring (bicyclic) bond motifs is 3. The maximum atomic E-state index is 6.37. The van der Waals surface area contributed by atoms with E-state index in [2.05, 4.69) is 25.4 Å². The fourth-order valence-electron chi connectivity index (χ4n) is 4.67. The first kappa shape index (κ1) is 14.3. The smallest absolute Gasteiger partial charge is 0.108 e. The molecular weight excluding hydrogens is 253 g/mol. The minimum absolute atomic E-state index is 0.314. The Morgan fingerprint density at radius 1 is 1.32 bits per heavy atom. The molecule has 1 aliphatic carbocycles. The van der Waals surface area contributed by atoms with Gasteiger partial charge in [-0.15, -0.1) is 0 Å². The van der Waals surface area contributed by atoms with E-state index in [-0.39, 0.29) is 8.30 Å². The Bertz CT molecular complexity index is 324. The lowest BCUT2D eigenvalue weighted by molar-refractivity contribution is 0.214. The molecule has 2 aliphatic heterocycles. The van der Waals surface area contributed by atoms with Crippen molar-refractivity contribution in [1.29, 1.82) is 0 Å². The molecule has 3 unspecified atom stereocenters. The number of nitrogens with zero attached hydrogens (tertiary/aromatic N) is 1. The summed E-state index contributed by atoms with van der Waals surface area (Å²) in [5.41, 5.74) is 1.19. The van der Waals surface area contributed by atoms with Gasteiger partial charge in [0.2, 0.25) is 0 Å². The van der Waals surface area contributed by atoms with Crippen LogP contribution in [0.1, 0.15) is 72.1 Å². The van der Waals surface area contributed by atoms with Gasteiger partial charge in [-0.3, -0.25) is 0 Å². The molecule has 3 rings (SSSR count). The van der Waals surface area contributed by atoms with Crippen molar-refractivity contribution in [3.63, 3.8) is 0 Å². The summed E-state index contributed by atoms with van der Waals surface area (Å²) in [6, 6.07) is 0.860. The van der Waals surface area contributed by atoms with Crippen molar-refractivity contribution in [2.24, 2.45) is 5.92 Å². The lowest BCUT2D eigenvalue weighted by Crippen LogP contribution is -2.40. The van der Waals surface area contributed by atoms with Gasteiger partial charge in [0.15, 0.2) is 0 Å². The monoisotopic (exact) mass is 283 g/mol. The van der Waals surface area contributed by atoms with E-state index in [0.29, 0.717) is 5.54 Å². The van der Waals surface area contributed by atoms with Gasteiger partial charge in [-0.05, 0) is 44.9 Å². The highest BCUT2D eigenvalue weighted by Crippen LogP contribution is 2.65. The quantitative estimate of drug-likeness (QED) is 0.678. The van der Waals surface area contributed by atoms with E-state index >= 15 is 0 Å². The van der Waals surface area contributed by atoms with E-state index in [4.69, 9.17) is 4.52 Å². The molecule has 0 aromatic heterocycles. The van der Waals surface area contributed by atoms with Crippen LogP contribution < -0.4 is 0 Å². The summed E-state index contributed by atoms with van der Waals surface area (Å²) in [4.78, 5) is 0. The summed E-state index contributed by atoms with van der Waals surface area (Å²) in [5.74, 6) is 0.979. The molecule has 3 heteroatoms. The summed E-state index contributed by atoms with van der Waals surface area (Å²) >= 11 is 0. The molecule has 3 aliphatic rings. The summed E-state index contributed by atoms with van der Waals surface area (Å²) < 4.78 is 9.27. The molecule has 3 fully saturated rings. The highest BCUT2D eigenvalue weighted by Gasteiger charge is 2.57. The fourth-order valence-corrected chi connectivity index (χ4v) is 7.77. The van der Waals surface area contributed by atoms with Crippen LogP contribution in [0, 0.1) is 5.92 Å². The Balaban J connectivity index is 1.80. The number of hydrogen-bond donors (Lipinski definition) is 0. The van der Waals surface area contributed by atoms with Crippen LogP contribution in [0.2, 0.25) is 0 Å². The van der Waals surface area contributed by atoms with E-state index < -0.39 is 0 Å². The van der Waals surface area contributed by atoms with Crippen molar-refractivity contribution in [2.75, 3.05) is 6.61 Å². The van der Waals surface area contributed by atoms with Gasteiger partial charge in [0.1, 0.15) is 8.30 Å². The van der Waals surface area contributed by atoms with Gasteiger partial charge in [-0.2, -0.15) is 0 Å². The summed E-state index contributed by atoms with van der Waals surface area (Å²) in [5, 5.41) is 0. The molecule has 0 spiro atoms. The maximum absolute atomic E-state index is 6.37. The molecule has 0 aromatic carbocycles. The van der Waals surface area contributed by atoms with Crippen LogP contribution in [0.3, 0.4) is 0 Å². The molecule has 2 heterocycles. The van der Waals surface area contributed by atoms with Crippen LogP contribution in [0.4, 0.5) is 0 Å². The van der Waals surface area contributed by atoms with Crippen molar-refractivity contribution in [3.05, 3.63) is 0 Å². The first-order valence-electron chi connectivity index (χ1n) is 8.41. The molecule has 2 nitrogen and oxygen atoms in total. The van der Waals surface area contributed by atoms with Crippen LogP contribution in [0.15, 0.2) is 0 Å². The molecular formula is C16H30NOP. The molecule has 2 saturated heterocycles. The first-order valence-corrected chi connectivity index (χ1v) is 9.69. The molecule has 0 aromatic rings. The normalized spacial score (nSPS) is 44.1. The molecule has 110 valence electrons. The van der Waals surface area contributed by atoms with E-state index in [1.807, 2.05) is 0 Å². The zero-order valence-corrected chi connectivity index (χ0v) is 13.8. The van der Waals surface area contributed by atoms with Crippen LogP contribution in [0.25, 0.3) is 0 Å². The number of rotatable bonds is 4. The second-order valence-electron chi connectivity index (χ2n) is 7.08. The summed E-state index contributed by atoms with van der Waals surface area (Å²) in [6.07, 6.45) is 11.2. The minimum Gasteiger partial charge on any atom is -0.341 e. The van der Waals surface area contributed by atoms with Crippen molar-refractivity contribution in [2.45, 2.75) is 89.4 Å². The third-order valence-electron chi connectivity index (χ3n) is 5.56. The minimum atomic E-state index is -0.314. The van der Waals surface area contributed by atoms with E-state index in [1.54, 1.807) is 0 Å². The SMILES string of the molecule is CCCC(CC)P1OCC2(C)C[C@@H]3CCCC[C@@H]3N12. The van der Waals surface area contributed by atoms with Gasteiger partial charge >= 0.3 is 0 Å². The van der Waals surface area contributed by atoms with E-state index in [0.717, 1.165) is 24.2 Å². The zero-order chi connectivity index (χ0) is 13.5. The van der Waals surface area contributed by atoms with Gasteiger partial charge in [0, 0.05) is 17.2 Å². The predicted molar refractivity (Wildman–Crippen MR) is 82.5 cm³/mol. The van der Waals surface area contributed by atoms with Crippen molar-refractivity contribution in [1.82, 2.24) is 4.67 Å². The largest absolute Gasteiger partial charge is 0.341 e. The van der Waals surface area contributed by atoms with Crippen molar-refractivity contribution in [3.8, 4) is 0 Å². The molecule has 1 saturated carbocycles. The molecule has 0 amide bonds. The highest BCUT2D eigenvalue weighted by molar-refractivity contribution is 7.51. The number of hydrogen-bond acceptors (Lipinski definition) is 2. The van der Waals surface area contributed by atoms with Crippen LogP contribution in [-0.4, -0.2) is 28.5 Å². The Hall–Kier alpha value is 0.350. The third-order valence-corrected chi connectivity index (χ3v) is 8.41. The van der Waals surface area contributed by atoms with Gasteiger partial charge in [-0.1, -0.05) is 33.1 Å². The zero-order valence-electron chi connectivity index (χ0n) is 12.9. The average Bonchev–Trinajstić information content (AvgIpc) is 2.88. The lowest BCUT2D eigenvalue weighted by Gasteiger charge is -2.38. The molecule has 19 heavy (non-hydrogen) atoms. The second kappa shape index (κ2) is 5.62. The highest BCUT2D eigenvalue weighted by atomic mass is 31.2. The van der Waals surface area contributed by atoms with Gasteiger partial charge in [0.25, 0.3) is 0 Å². The van der Waals surface area contributed by atoms with Gasteiger partial charge < -0.3 is 4.52 Å². The Labute approximate surface area is 120 Å². The Morgan fingerprint density at radius 2 is 2.11 bits per heavy atom. The standard InChI is InChI=1S/C16H30NOP/c1-4-8-14(5-2)19-17-15-10-7-6-9-13(15)11-16(17,3)12-18-19/h13-15H,4-12H2,1-3H3/t13-,14?,15-,16?,19?/m0/s1. The third kappa shape index (κ3) is 2.39. The van der Waals surface area contributed by atoms with Crippen LogP contribution >= 0.6 is 8.30 Å². The summed E-state index contributed by atoms with van der Waals surface area (Å²) in [7, 11) is -0.314. The Kier molecular flexibility index (Phi) is 4.23. The lowest BCUT2D eigenvalue weighted by atomic mass is 9.83. The summed E-state index contributed by atoms with van der Waals surface area (Å²) in [6.45, 7) is 8.16. The average molecular weight is 283 g/mol.